The Kier molecular flexibility index (Phi) is 4.16. The molecular formula is C17H19N5O2. The number of hydrogen-bond acceptors (Lipinski definition) is 7. The van der Waals surface area contributed by atoms with E-state index in [2.05, 4.69) is 25.3 Å². The Morgan fingerprint density at radius 3 is 1.96 bits per heavy atom. The molecule has 2 heterocycles. The summed E-state index contributed by atoms with van der Waals surface area (Å²) in [5.74, 6) is 2.19. The predicted octanol–water partition coefficient (Wildman–Crippen LogP) is 3.11. The Hall–Kier alpha value is -2.96. The van der Waals surface area contributed by atoms with E-state index >= 15 is 0 Å². The molecule has 3 aromatic rings. The molecule has 0 radical (unpaired) electrons. The Morgan fingerprint density at radius 2 is 1.33 bits per heavy atom. The van der Waals surface area contributed by atoms with Crippen molar-refractivity contribution in [2.24, 2.45) is 0 Å². The fraction of sp³-hybridized carbons (Fsp3) is 0.294. The second-order valence-corrected chi connectivity index (χ2v) is 5.46. The van der Waals surface area contributed by atoms with Crippen LogP contribution in [0.3, 0.4) is 0 Å². The SMILES string of the molecule is COc1cc2nc(Nc3nc(C)cc(C)n3)nc(C)c2cc1OC. The lowest BCUT2D eigenvalue weighted by molar-refractivity contribution is 0.355. The quantitative estimate of drug-likeness (QED) is 0.789. The van der Waals surface area contributed by atoms with Crippen molar-refractivity contribution >= 4 is 22.8 Å². The highest BCUT2D eigenvalue weighted by atomic mass is 16.5. The Labute approximate surface area is 140 Å². The number of rotatable bonds is 4. The van der Waals surface area contributed by atoms with Gasteiger partial charge in [-0.2, -0.15) is 0 Å². The van der Waals surface area contributed by atoms with Gasteiger partial charge < -0.3 is 9.47 Å². The van der Waals surface area contributed by atoms with Gasteiger partial charge in [-0.05, 0) is 32.9 Å². The van der Waals surface area contributed by atoms with E-state index in [0.29, 0.717) is 23.4 Å². The molecule has 3 rings (SSSR count). The summed E-state index contributed by atoms with van der Waals surface area (Å²) in [5, 5.41) is 3.97. The number of nitrogens with one attached hydrogen (secondary N) is 1. The van der Waals surface area contributed by atoms with Crippen molar-refractivity contribution in [2.75, 3.05) is 19.5 Å². The molecule has 0 amide bonds. The fourth-order valence-corrected chi connectivity index (χ4v) is 2.55. The first-order valence-electron chi connectivity index (χ1n) is 7.50. The van der Waals surface area contributed by atoms with Crippen LogP contribution in [0.5, 0.6) is 11.5 Å². The number of hydrogen-bond donors (Lipinski definition) is 1. The van der Waals surface area contributed by atoms with Crippen LogP contribution in [-0.4, -0.2) is 34.2 Å². The molecule has 1 aromatic carbocycles. The highest BCUT2D eigenvalue weighted by molar-refractivity contribution is 5.85. The lowest BCUT2D eigenvalue weighted by atomic mass is 10.1. The Bertz CT molecular complexity index is 891. The monoisotopic (exact) mass is 325 g/mol. The Morgan fingerprint density at radius 1 is 0.750 bits per heavy atom. The first-order valence-corrected chi connectivity index (χ1v) is 7.50. The number of aromatic nitrogens is 4. The number of aryl methyl sites for hydroxylation is 3. The van der Waals surface area contributed by atoms with Gasteiger partial charge in [0.15, 0.2) is 11.5 Å². The molecule has 0 atom stereocenters. The van der Waals surface area contributed by atoms with Crippen LogP contribution in [-0.2, 0) is 0 Å². The van der Waals surface area contributed by atoms with Crippen LogP contribution >= 0.6 is 0 Å². The standard InChI is InChI=1S/C17H19N5O2/c1-9-6-10(2)19-16(18-9)22-17-20-11(3)12-7-14(23-4)15(24-5)8-13(12)21-17/h6-8H,1-5H3,(H,18,19,20,21,22). The summed E-state index contributed by atoms with van der Waals surface area (Å²) in [7, 11) is 3.20. The largest absolute Gasteiger partial charge is 0.493 e. The van der Waals surface area contributed by atoms with Crippen LogP contribution < -0.4 is 14.8 Å². The van der Waals surface area contributed by atoms with E-state index < -0.39 is 0 Å². The minimum atomic E-state index is 0.442. The molecule has 0 saturated carbocycles. The van der Waals surface area contributed by atoms with Gasteiger partial charge in [-0.1, -0.05) is 0 Å². The van der Waals surface area contributed by atoms with Gasteiger partial charge in [0.05, 0.1) is 25.4 Å². The molecule has 0 fully saturated rings. The van der Waals surface area contributed by atoms with Crippen LogP contribution in [0, 0.1) is 20.8 Å². The minimum absolute atomic E-state index is 0.442. The normalized spacial score (nSPS) is 10.7. The zero-order valence-corrected chi connectivity index (χ0v) is 14.3. The van der Waals surface area contributed by atoms with Gasteiger partial charge in [0.2, 0.25) is 11.9 Å². The highest BCUT2D eigenvalue weighted by Gasteiger charge is 2.12. The summed E-state index contributed by atoms with van der Waals surface area (Å²) in [4.78, 5) is 17.7. The second kappa shape index (κ2) is 6.27. The van der Waals surface area contributed by atoms with E-state index in [1.54, 1.807) is 14.2 Å². The minimum Gasteiger partial charge on any atom is -0.493 e. The Balaban J connectivity index is 2.06. The third-order valence-electron chi connectivity index (χ3n) is 3.60. The highest BCUT2D eigenvalue weighted by Crippen LogP contribution is 2.32. The van der Waals surface area contributed by atoms with Crippen molar-refractivity contribution in [3.63, 3.8) is 0 Å². The summed E-state index contributed by atoms with van der Waals surface area (Å²) >= 11 is 0. The van der Waals surface area contributed by atoms with Crippen LogP contribution in [0.15, 0.2) is 18.2 Å². The van der Waals surface area contributed by atoms with Crippen molar-refractivity contribution in [3.05, 3.63) is 35.3 Å². The van der Waals surface area contributed by atoms with Gasteiger partial charge in [0, 0.05) is 22.8 Å². The maximum atomic E-state index is 5.34. The number of anilines is 2. The zero-order valence-electron chi connectivity index (χ0n) is 14.3. The second-order valence-electron chi connectivity index (χ2n) is 5.46. The van der Waals surface area contributed by atoms with Gasteiger partial charge in [-0.3, -0.25) is 5.32 Å². The third kappa shape index (κ3) is 3.05. The molecule has 0 aliphatic rings. The molecular weight excluding hydrogens is 306 g/mol. The molecule has 0 saturated heterocycles. The van der Waals surface area contributed by atoms with Gasteiger partial charge in [-0.25, -0.2) is 19.9 Å². The van der Waals surface area contributed by atoms with Crippen LogP contribution in [0.2, 0.25) is 0 Å². The van der Waals surface area contributed by atoms with E-state index in [4.69, 9.17) is 9.47 Å². The molecule has 0 aliphatic heterocycles. The zero-order chi connectivity index (χ0) is 17.3. The maximum absolute atomic E-state index is 5.34. The molecule has 0 bridgehead atoms. The molecule has 24 heavy (non-hydrogen) atoms. The number of ether oxygens (including phenoxy) is 2. The molecule has 7 nitrogen and oxygen atoms in total. The molecule has 0 spiro atoms. The van der Waals surface area contributed by atoms with Gasteiger partial charge in [0.25, 0.3) is 0 Å². The molecule has 2 aromatic heterocycles. The average molecular weight is 325 g/mol. The van der Waals surface area contributed by atoms with Crippen LogP contribution in [0.4, 0.5) is 11.9 Å². The molecule has 124 valence electrons. The smallest absolute Gasteiger partial charge is 0.230 e. The number of benzene rings is 1. The molecule has 1 N–H and O–H groups in total. The molecule has 0 aliphatic carbocycles. The van der Waals surface area contributed by atoms with E-state index in [1.165, 1.54) is 0 Å². The first-order chi connectivity index (χ1) is 11.5. The summed E-state index contributed by atoms with van der Waals surface area (Å²) in [6, 6.07) is 5.62. The van der Waals surface area contributed by atoms with E-state index in [1.807, 2.05) is 39.0 Å². The van der Waals surface area contributed by atoms with Crippen molar-refractivity contribution in [1.82, 2.24) is 19.9 Å². The number of methoxy groups -OCH3 is 2. The summed E-state index contributed by atoms with van der Waals surface area (Å²) in [6.45, 7) is 5.76. The van der Waals surface area contributed by atoms with Crippen molar-refractivity contribution in [2.45, 2.75) is 20.8 Å². The third-order valence-corrected chi connectivity index (χ3v) is 3.60. The van der Waals surface area contributed by atoms with E-state index in [9.17, 15) is 0 Å². The summed E-state index contributed by atoms with van der Waals surface area (Å²) in [5.41, 5.74) is 3.35. The van der Waals surface area contributed by atoms with Gasteiger partial charge in [-0.15, -0.1) is 0 Å². The van der Waals surface area contributed by atoms with Crippen LogP contribution in [0.1, 0.15) is 17.1 Å². The van der Waals surface area contributed by atoms with Crippen molar-refractivity contribution in [1.29, 1.82) is 0 Å². The topological polar surface area (TPSA) is 82.0 Å². The van der Waals surface area contributed by atoms with Gasteiger partial charge >= 0.3 is 0 Å². The fourth-order valence-electron chi connectivity index (χ4n) is 2.55. The first kappa shape index (κ1) is 15.9. The maximum Gasteiger partial charge on any atom is 0.230 e. The molecule has 7 heteroatoms. The average Bonchev–Trinajstić information content (AvgIpc) is 2.52. The van der Waals surface area contributed by atoms with Crippen LogP contribution in [0.25, 0.3) is 10.9 Å². The van der Waals surface area contributed by atoms with Gasteiger partial charge in [0.1, 0.15) is 0 Å². The molecule has 0 unspecified atom stereocenters. The number of nitrogens with zero attached hydrogens (tertiary/aromatic N) is 4. The van der Waals surface area contributed by atoms with Crippen molar-refractivity contribution < 1.29 is 9.47 Å². The van der Waals surface area contributed by atoms with Crippen molar-refractivity contribution in [3.8, 4) is 11.5 Å². The lowest BCUT2D eigenvalue weighted by Gasteiger charge is -2.11. The van der Waals surface area contributed by atoms with E-state index in [0.717, 1.165) is 28.0 Å². The summed E-state index contributed by atoms with van der Waals surface area (Å²) < 4.78 is 10.7. The lowest BCUT2D eigenvalue weighted by Crippen LogP contribution is -2.04. The predicted molar refractivity (Wildman–Crippen MR) is 92.2 cm³/mol. The summed E-state index contributed by atoms with van der Waals surface area (Å²) in [6.07, 6.45) is 0. The number of fused-ring (bicyclic) bond motifs is 1. The van der Waals surface area contributed by atoms with E-state index in [-0.39, 0.29) is 0 Å².